The smallest absolute Gasteiger partial charge is 0.296 e. The molecular formula is C13H14N2O2. The Morgan fingerprint density at radius 2 is 2.24 bits per heavy atom. The molecule has 4 heteroatoms. The number of hydrogen-bond donors (Lipinski definition) is 2. The van der Waals surface area contributed by atoms with Crippen molar-refractivity contribution in [3.05, 3.63) is 36.4 Å². The lowest BCUT2D eigenvalue weighted by molar-refractivity contribution is 0.250. The topological polar surface area (TPSA) is 58.3 Å². The molecule has 0 radical (unpaired) electrons. The van der Waals surface area contributed by atoms with E-state index < -0.39 is 0 Å². The molecule has 0 saturated carbocycles. The van der Waals surface area contributed by atoms with E-state index in [9.17, 15) is 0 Å². The van der Waals surface area contributed by atoms with Crippen molar-refractivity contribution in [2.45, 2.75) is 12.5 Å². The molecule has 2 atom stereocenters. The predicted octanol–water partition coefficient (Wildman–Crippen LogP) is 2.18. The fraction of sp³-hybridized carbons (Fsp3) is 0.308. The minimum Gasteiger partial charge on any atom is -0.424 e. The number of aliphatic hydroxyl groups excluding tert-OH is 1. The molecule has 0 fully saturated rings. The third-order valence-corrected chi connectivity index (χ3v) is 3.01. The van der Waals surface area contributed by atoms with E-state index in [2.05, 4.69) is 16.4 Å². The van der Waals surface area contributed by atoms with Crippen LogP contribution in [-0.2, 0) is 0 Å². The summed E-state index contributed by atoms with van der Waals surface area (Å²) in [5.41, 5.74) is 1.64. The Labute approximate surface area is 99.0 Å². The fourth-order valence-electron chi connectivity index (χ4n) is 2.11. The normalized spacial score (nSPS) is 23.4. The van der Waals surface area contributed by atoms with Gasteiger partial charge in [-0.2, -0.15) is 4.98 Å². The second kappa shape index (κ2) is 4.22. The van der Waals surface area contributed by atoms with Crippen LogP contribution in [0.2, 0.25) is 0 Å². The summed E-state index contributed by atoms with van der Waals surface area (Å²) in [6, 6.07) is 8.42. The number of fused-ring (bicyclic) bond motifs is 1. The number of rotatable bonds is 3. The lowest BCUT2D eigenvalue weighted by Crippen LogP contribution is -2.16. The van der Waals surface area contributed by atoms with E-state index in [-0.39, 0.29) is 18.6 Å². The molecule has 17 heavy (non-hydrogen) atoms. The Kier molecular flexibility index (Phi) is 2.57. The van der Waals surface area contributed by atoms with Crippen molar-refractivity contribution < 1.29 is 9.52 Å². The van der Waals surface area contributed by atoms with Gasteiger partial charge in [-0.25, -0.2) is 0 Å². The molecule has 1 aliphatic rings. The average Bonchev–Trinajstić information content (AvgIpc) is 2.94. The van der Waals surface area contributed by atoms with Crippen LogP contribution in [0.4, 0.5) is 6.01 Å². The highest BCUT2D eigenvalue weighted by Crippen LogP contribution is 2.23. The standard InChI is InChI=1S/C13H14N2O2/c16-8-9-5-6-10(7-9)14-13-15-11-3-1-2-4-12(11)17-13/h1-6,9-10,16H,7-8H2,(H,14,15)/t9-,10+/m0/s1. The van der Waals surface area contributed by atoms with E-state index >= 15 is 0 Å². The maximum absolute atomic E-state index is 9.05. The van der Waals surface area contributed by atoms with Crippen molar-refractivity contribution in [1.29, 1.82) is 0 Å². The minimum atomic E-state index is 0.195. The highest BCUT2D eigenvalue weighted by atomic mass is 16.4. The Morgan fingerprint density at radius 1 is 1.35 bits per heavy atom. The summed E-state index contributed by atoms with van der Waals surface area (Å²) in [6.45, 7) is 0.197. The van der Waals surface area contributed by atoms with Crippen molar-refractivity contribution >= 4 is 17.1 Å². The first kappa shape index (κ1) is 10.4. The summed E-state index contributed by atoms with van der Waals surface area (Å²) in [7, 11) is 0. The van der Waals surface area contributed by atoms with Gasteiger partial charge in [0.25, 0.3) is 6.01 Å². The van der Waals surface area contributed by atoms with Crippen LogP contribution in [0.25, 0.3) is 11.1 Å². The SMILES string of the molecule is OC[C@H]1C=C[C@@H](Nc2nc3ccccc3o2)C1. The van der Waals surface area contributed by atoms with E-state index in [4.69, 9.17) is 9.52 Å². The lowest BCUT2D eigenvalue weighted by Gasteiger charge is -2.10. The van der Waals surface area contributed by atoms with Gasteiger partial charge in [0.2, 0.25) is 0 Å². The van der Waals surface area contributed by atoms with Crippen LogP contribution in [0.15, 0.2) is 40.8 Å². The number of nitrogens with one attached hydrogen (secondary N) is 1. The van der Waals surface area contributed by atoms with Crippen LogP contribution in [0.5, 0.6) is 0 Å². The zero-order valence-corrected chi connectivity index (χ0v) is 9.34. The van der Waals surface area contributed by atoms with E-state index in [0.717, 1.165) is 17.5 Å². The molecule has 0 saturated heterocycles. The third-order valence-electron chi connectivity index (χ3n) is 3.01. The van der Waals surface area contributed by atoms with E-state index in [1.54, 1.807) is 0 Å². The van der Waals surface area contributed by atoms with E-state index in [1.807, 2.05) is 30.3 Å². The number of anilines is 1. The zero-order chi connectivity index (χ0) is 11.7. The quantitative estimate of drug-likeness (QED) is 0.793. The highest BCUT2D eigenvalue weighted by Gasteiger charge is 2.19. The van der Waals surface area contributed by atoms with Crippen LogP contribution in [0.1, 0.15) is 6.42 Å². The summed E-state index contributed by atoms with van der Waals surface area (Å²) < 4.78 is 5.58. The van der Waals surface area contributed by atoms with Gasteiger partial charge in [-0.05, 0) is 18.6 Å². The number of aliphatic hydroxyl groups is 1. The van der Waals surface area contributed by atoms with Gasteiger partial charge in [0, 0.05) is 18.6 Å². The molecule has 1 aromatic carbocycles. The van der Waals surface area contributed by atoms with Gasteiger partial charge in [0.1, 0.15) is 5.52 Å². The molecule has 0 amide bonds. The molecule has 1 aliphatic carbocycles. The van der Waals surface area contributed by atoms with Gasteiger partial charge < -0.3 is 14.8 Å². The first-order valence-electron chi connectivity index (χ1n) is 5.76. The van der Waals surface area contributed by atoms with Crippen molar-refractivity contribution in [3.63, 3.8) is 0 Å². The minimum absolute atomic E-state index is 0.195. The van der Waals surface area contributed by atoms with Gasteiger partial charge in [0.05, 0.1) is 0 Å². The molecule has 1 heterocycles. The van der Waals surface area contributed by atoms with Crippen molar-refractivity contribution in [3.8, 4) is 0 Å². The molecule has 4 nitrogen and oxygen atoms in total. The molecule has 3 rings (SSSR count). The predicted molar refractivity (Wildman–Crippen MR) is 65.8 cm³/mol. The van der Waals surface area contributed by atoms with Gasteiger partial charge in [-0.3, -0.25) is 0 Å². The molecule has 0 aliphatic heterocycles. The Hall–Kier alpha value is -1.81. The summed E-state index contributed by atoms with van der Waals surface area (Å²) in [5, 5.41) is 12.3. The second-order valence-electron chi connectivity index (χ2n) is 4.30. The maximum atomic E-state index is 9.05. The van der Waals surface area contributed by atoms with Crippen molar-refractivity contribution in [2.75, 3.05) is 11.9 Å². The number of para-hydroxylation sites is 2. The van der Waals surface area contributed by atoms with Crippen molar-refractivity contribution in [2.24, 2.45) is 5.92 Å². The molecular weight excluding hydrogens is 216 g/mol. The van der Waals surface area contributed by atoms with Gasteiger partial charge in [0.15, 0.2) is 5.58 Å². The molecule has 0 unspecified atom stereocenters. The highest BCUT2D eigenvalue weighted by molar-refractivity contribution is 5.74. The molecule has 2 aromatic rings. The monoisotopic (exact) mass is 230 g/mol. The molecule has 2 N–H and O–H groups in total. The number of aromatic nitrogens is 1. The molecule has 88 valence electrons. The lowest BCUT2D eigenvalue weighted by atomic mass is 10.1. The van der Waals surface area contributed by atoms with Gasteiger partial charge in [-0.1, -0.05) is 24.3 Å². The Morgan fingerprint density at radius 3 is 3.00 bits per heavy atom. The van der Waals surface area contributed by atoms with Crippen molar-refractivity contribution in [1.82, 2.24) is 4.98 Å². The molecule has 0 spiro atoms. The largest absolute Gasteiger partial charge is 0.424 e. The molecule has 1 aromatic heterocycles. The number of hydrogen-bond acceptors (Lipinski definition) is 4. The summed E-state index contributed by atoms with van der Waals surface area (Å²) in [6.07, 6.45) is 4.96. The van der Waals surface area contributed by atoms with E-state index in [0.29, 0.717) is 6.01 Å². The maximum Gasteiger partial charge on any atom is 0.296 e. The second-order valence-corrected chi connectivity index (χ2v) is 4.30. The summed E-state index contributed by atoms with van der Waals surface area (Å²) in [4.78, 5) is 4.35. The summed E-state index contributed by atoms with van der Waals surface area (Å²) >= 11 is 0. The van der Waals surface area contributed by atoms with E-state index in [1.165, 1.54) is 0 Å². The fourth-order valence-corrected chi connectivity index (χ4v) is 2.11. The number of benzene rings is 1. The Balaban J connectivity index is 1.75. The van der Waals surface area contributed by atoms with Gasteiger partial charge in [-0.15, -0.1) is 0 Å². The van der Waals surface area contributed by atoms with Crippen LogP contribution >= 0.6 is 0 Å². The van der Waals surface area contributed by atoms with Gasteiger partial charge >= 0.3 is 0 Å². The molecule has 0 bridgehead atoms. The van der Waals surface area contributed by atoms with Crippen LogP contribution < -0.4 is 5.32 Å². The summed E-state index contributed by atoms with van der Waals surface area (Å²) in [5.74, 6) is 0.247. The number of oxazole rings is 1. The number of nitrogens with zero attached hydrogens (tertiary/aromatic N) is 1. The van der Waals surface area contributed by atoms with Crippen LogP contribution in [-0.4, -0.2) is 22.7 Å². The van der Waals surface area contributed by atoms with Crippen LogP contribution in [0.3, 0.4) is 0 Å². The van der Waals surface area contributed by atoms with Crippen LogP contribution in [0, 0.1) is 5.92 Å². The average molecular weight is 230 g/mol. The first-order chi connectivity index (χ1) is 8.35. The zero-order valence-electron chi connectivity index (χ0n) is 9.34. The Bertz CT molecular complexity index is 514. The first-order valence-corrected chi connectivity index (χ1v) is 5.76. The third kappa shape index (κ3) is 2.03.